The predicted molar refractivity (Wildman–Crippen MR) is 127 cm³/mol. The zero-order valence-corrected chi connectivity index (χ0v) is 18.0. The summed E-state index contributed by atoms with van der Waals surface area (Å²) in [7, 11) is 0. The fraction of sp³-hybridized carbons (Fsp3) is 0.0741. The lowest BCUT2D eigenvalue weighted by Crippen LogP contribution is -2.22. The van der Waals surface area contributed by atoms with Gasteiger partial charge in [-0.05, 0) is 76.0 Å². The number of carboxylic acid groups (broad SMARTS) is 1. The number of oxazole rings is 1. The van der Waals surface area contributed by atoms with Gasteiger partial charge in [-0.3, -0.25) is 4.79 Å². The van der Waals surface area contributed by atoms with Gasteiger partial charge in [-0.25, -0.2) is 9.78 Å². The number of carboxylic acids is 1. The van der Waals surface area contributed by atoms with Crippen molar-refractivity contribution >= 4 is 33.7 Å². The minimum absolute atomic E-state index is 0.148. The number of amides is 1. The van der Waals surface area contributed by atoms with E-state index in [0.717, 1.165) is 27.4 Å². The lowest BCUT2D eigenvalue weighted by molar-refractivity contribution is 0.0696. The molecule has 7 heteroatoms. The van der Waals surface area contributed by atoms with Crippen LogP contribution in [0, 0.1) is 0 Å². The number of aromatic carboxylic acids is 1. The van der Waals surface area contributed by atoms with E-state index in [0.29, 0.717) is 29.7 Å². The van der Waals surface area contributed by atoms with Gasteiger partial charge in [0, 0.05) is 18.5 Å². The molecule has 34 heavy (non-hydrogen) atoms. The van der Waals surface area contributed by atoms with Crippen molar-refractivity contribution in [1.82, 2.24) is 10.3 Å². The largest absolute Gasteiger partial charge is 0.508 e. The second kappa shape index (κ2) is 8.71. The Balaban J connectivity index is 1.34. The van der Waals surface area contributed by atoms with Crippen LogP contribution < -0.4 is 5.32 Å². The molecule has 0 aliphatic carbocycles. The zero-order valence-electron chi connectivity index (χ0n) is 18.0. The Kier molecular flexibility index (Phi) is 5.43. The standard InChI is InChI=1S/C27H20N2O5/c30-24-13-19-6-7-20(26(31)28-14-17-3-8-25-23(10-17)29-15-34-25)11-21(19)12-22(24)9-16-1-4-18(5-2-16)27(32)33/h1-8,10-13,15,30H,9,14H2,(H,28,31)(H,32,33). The first kappa shape index (κ1) is 21.2. The molecule has 0 aliphatic heterocycles. The van der Waals surface area contributed by atoms with E-state index >= 15 is 0 Å². The van der Waals surface area contributed by atoms with Crippen LogP contribution in [0.2, 0.25) is 0 Å². The number of fused-ring (bicyclic) bond motifs is 2. The Morgan fingerprint density at radius 2 is 1.62 bits per heavy atom. The molecule has 1 heterocycles. The third-order valence-corrected chi connectivity index (χ3v) is 5.74. The maximum Gasteiger partial charge on any atom is 0.335 e. The molecule has 0 saturated carbocycles. The highest BCUT2D eigenvalue weighted by molar-refractivity contribution is 5.99. The van der Waals surface area contributed by atoms with Gasteiger partial charge in [0.2, 0.25) is 0 Å². The molecule has 4 aromatic carbocycles. The zero-order chi connectivity index (χ0) is 23.7. The van der Waals surface area contributed by atoms with Gasteiger partial charge < -0.3 is 19.9 Å². The molecule has 5 rings (SSSR count). The van der Waals surface area contributed by atoms with Crippen molar-refractivity contribution in [1.29, 1.82) is 0 Å². The van der Waals surface area contributed by atoms with Crippen molar-refractivity contribution in [3.05, 3.63) is 107 Å². The van der Waals surface area contributed by atoms with E-state index in [1.54, 1.807) is 48.5 Å². The molecule has 0 saturated heterocycles. The summed E-state index contributed by atoms with van der Waals surface area (Å²) in [5, 5.41) is 24.1. The second-order valence-corrected chi connectivity index (χ2v) is 8.06. The Morgan fingerprint density at radius 1 is 0.853 bits per heavy atom. The van der Waals surface area contributed by atoms with Crippen LogP contribution in [-0.4, -0.2) is 27.1 Å². The van der Waals surface area contributed by atoms with Gasteiger partial charge in [0.25, 0.3) is 5.91 Å². The quantitative estimate of drug-likeness (QED) is 0.338. The molecule has 0 aliphatic rings. The fourth-order valence-electron chi connectivity index (χ4n) is 3.90. The summed E-state index contributed by atoms with van der Waals surface area (Å²) < 4.78 is 5.24. The lowest BCUT2D eigenvalue weighted by Gasteiger charge is -2.10. The summed E-state index contributed by atoms with van der Waals surface area (Å²) in [5.74, 6) is -1.04. The first-order chi connectivity index (χ1) is 16.5. The molecule has 0 bridgehead atoms. The maximum atomic E-state index is 12.8. The molecule has 7 nitrogen and oxygen atoms in total. The number of hydrogen-bond donors (Lipinski definition) is 3. The van der Waals surface area contributed by atoms with Crippen LogP contribution in [0.3, 0.4) is 0 Å². The Labute approximate surface area is 194 Å². The molecular weight excluding hydrogens is 432 g/mol. The maximum absolute atomic E-state index is 12.8. The number of phenols is 1. The highest BCUT2D eigenvalue weighted by atomic mass is 16.4. The van der Waals surface area contributed by atoms with Gasteiger partial charge in [0.05, 0.1) is 5.56 Å². The van der Waals surface area contributed by atoms with Crippen molar-refractivity contribution < 1.29 is 24.2 Å². The Bertz CT molecular complexity index is 1540. The van der Waals surface area contributed by atoms with Crippen molar-refractivity contribution in [3.8, 4) is 5.75 Å². The Morgan fingerprint density at radius 3 is 2.41 bits per heavy atom. The summed E-state index contributed by atoms with van der Waals surface area (Å²) >= 11 is 0. The van der Waals surface area contributed by atoms with Crippen molar-refractivity contribution in [3.63, 3.8) is 0 Å². The first-order valence-corrected chi connectivity index (χ1v) is 10.6. The van der Waals surface area contributed by atoms with E-state index in [-0.39, 0.29) is 17.2 Å². The molecular formula is C27H20N2O5. The molecule has 168 valence electrons. The number of hydrogen-bond acceptors (Lipinski definition) is 5. The fourth-order valence-corrected chi connectivity index (χ4v) is 3.90. The number of aromatic nitrogens is 1. The summed E-state index contributed by atoms with van der Waals surface area (Å²) in [6.45, 7) is 0.354. The molecule has 0 atom stereocenters. The third kappa shape index (κ3) is 4.31. The molecule has 0 fully saturated rings. The van der Waals surface area contributed by atoms with Gasteiger partial charge in [-0.1, -0.05) is 24.3 Å². The van der Waals surface area contributed by atoms with Crippen molar-refractivity contribution in [2.24, 2.45) is 0 Å². The van der Waals surface area contributed by atoms with E-state index in [9.17, 15) is 14.7 Å². The molecule has 3 N–H and O–H groups in total. The summed E-state index contributed by atoms with van der Waals surface area (Å²) in [5.41, 5.74) is 4.63. The number of rotatable bonds is 6. The van der Waals surface area contributed by atoms with Gasteiger partial charge in [0.15, 0.2) is 12.0 Å². The third-order valence-electron chi connectivity index (χ3n) is 5.74. The smallest absolute Gasteiger partial charge is 0.335 e. The number of carbonyl (C=O) groups excluding carboxylic acids is 1. The van der Waals surface area contributed by atoms with Gasteiger partial charge in [-0.2, -0.15) is 0 Å². The van der Waals surface area contributed by atoms with E-state index < -0.39 is 5.97 Å². The number of benzene rings is 4. The minimum atomic E-state index is -0.982. The topological polar surface area (TPSA) is 113 Å². The van der Waals surface area contributed by atoms with E-state index in [4.69, 9.17) is 9.52 Å². The van der Waals surface area contributed by atoms with Crippen LogP contribution in [0.5, 0.6) is 5.75 Å². The van der Waals surface area contributed by atoms with Crippen LogP contribution in [0.1, 0.15) is 37.4 Å². The average Bonchev–Trinajstić information content (AvgIpc) is 3.31. The number of aromatic hydroxyl groups is 1. The second-order valence-electron chi connectivity index (χ2n) is 8.06. The van der Waals surface area contributed by atoms with Crippen molar-refractivity contribution in [2.45, 2.75) is 13.0 Å². The van der Waals surface area contributed by atoms with Crippen LogP contribution in [0.25, 0.3) is 21.9 Å². The number of phenolic OH excluding ortho intramolecular Hbond substituents is 1. The van der Waals surface area contributed by atoms with Crippen LogP contribution in [-0.2, 0) is 13.0 Å². The van der Waals surface area contributed by atoms with E-state index in [1.165, 1.54) is 6.39 Å². The molecule has 5 aromatic rings. The van der Waals surface area contributed by atoms with Gasteiger partial charge in [-0.15, -0.1) is 0 Å². The van der Waals surface area contributed by atoms with Crippen LogP contribution in [0.4, 0.5) is 0 Å². The SMILES string of the molecule is O=C(O)c1ccc(Cc2cc3cc(C(=O)NCc4ccc5ocnc5c4)ccc3cc2O)cc1. The van der Waals surface area contributed by atoms with E-state index in [2.05, 4.69) is 10.3 Å². The monoisotopic (exact) mass is 452 g/mol. The summed E-state index contributed by atoms with van der Waals surface area (Å²) in [6, 6.07) is 21.0. The van der Waals surface area contributed by atoms with E-state index in [1.807, 2.05) is 24.3 Å². The highest BCUT2D eigenvalue weighted by Crippen LogP contribution is 2.28. The lowest BCUT2D eigenvalue weighted by atomic mass is 9.98. The summed E-state index contributed by atoms with van der Waals surface area (Å²) in [4.78, 5) is 27.9. The summed E-state index contributed by atoms with van der Waals surface area (Å²) in [6.07, 6.45) is 1.82. The number of nitrogens with zero attached hydrogens (tertiary/aromatic N) is 1. The molecule has 1 aromatic heterocycles. The average molecular weight is 452 g/mol. The van der Waals surface area contributed by atoms with Gasteiger partial charge in [0.1, 0.15) is 11.3 Å². The minimum Gasteiger partial charge on any atom is -0.508 e. The van der Waals surface area contributed by atoms with Gasteiger partial charge >= 0.3 is 5.97 Å². The highest BCUT2D eigenvalue weighted by Gasteiger charge is 2.11. The van der Waals surface area contributed by atoms with Crippen molar-refractivity contribution in [2.75, 3.05) is 0 Å². The van der Waals surface area contributed by atoms with Crippen LogP contribution in [0.15, 0.2) is 83.6 Å². The van der Waals surface area contributed by atoms with Crippen LogP contribution >= 0.6 is 0 Å². The molecule has 0 radical (unpaired) electrons. The number of carbonyl (C=O) groups is 2. The molecule has 0 unspecified atom stereocenters. The normalized spacial score (nSPS) is 11.1. The first-order valence-electron chi connectivity index (χ1n) is 10.6. The number of nitrogens with one attached hydrogen (secondary N) is 1. The Hall–Kier alpha value is -4.65. The molecule has 0 spiro atoms. The predicted octanol–water partition coefficient (Wildman–Crippen LogP) is 4.91. The molecule has 1 amide bonds.